The van der Waals surface area contributed by atoms with E-state index in [2.05, 4.69) is 5.32 Å². The maximum absolute atomic E-state index is 12.6. The Bertz CT molecular complexity index is 423. The second-order valence-electron chi connectivity index (χ2n) is 6.77. The Balaban J connectivity index is 1.66. The molecule has 3 rings (SSSR count). The molecule has 0 radical (unpaired) electrons. The first-order valence-electron chi connectivity index (χ1n) is 8.51. The number of nitrogens with one attached hydrogen (secondary N) is 1. The van der Waals surface area contributed by atoms with E-state index >= 15 is 0 Å². The second-order valence-corrected chi connectivity index (χ2v) is 6.77. The van der Waals surface area contributed by atoms with Crippen molar-refractivity contribution in [1.82, 2.24) is 15.1 Å². The Hall–Kier alpha value is -1.30. The summed E-state index contributed by atoms with van der Waals surface area (Å²) in [5.74, 6) is 0.901. The molecule has 0 aliphatic carbocycles. The zero-order valence-electron chi connectivity index (χ0n) is 13.4. The molecule has 0 aromatic heterocycles. The molecule has 0 bridgehead atoms. The van der Waals surface area contributed by atoms with Crippen molar-refractivity contribution in [3.8, 4) is 0 Å². The Labute approximate surface area is 132 Å². The maximum Gasteiger partial charge on any atom is 0.319 e. The van der Waals surface area contributed by atoms with Crippen LogP contribution in [0.25, 0.3) is 0 Å². The van der Waals surface area contributed by atoms with Crippen LogP contribution in [0.15, 0.2) is 0 Å². The largest absolute Gasteiger partial charge is 0.384 e. The number of hydrogen-bond acceptors (Lipinski definition) is 3. The number of amides is 3. The number of fused-ring (bicyclic) bond motifs is 1. The van der Waals surface area contributed by atoms with E-state index in [0.29, 0.717) is 31.5 Å². The number of ether oxygens (including phenoxy) is 1. The predicted octanol–water partition coefficient (Wildman–Crippen LogP) is 0.923. The Morgan fingerprint density at radius 2 is 1.86 bits per heavy atom. The first kappa shape index (κ1) is 15.6. The van der Waals surface area contributed by atoms with Gasteiger partial charge in [-0.1, -0.05) is 0 Å². The van der Waals surface area contributed by atoms with Crippen LogP contribution in [0.5, 0.6) is 0 Å². The topological polar surface area (TPSA) is 61.9 Å². The van der Waals surface area contributed by atoms with Crippen molar-refractivity contribution in [2.45, 2.75) is 25.7 Å². The standard InChI is InChI=1S/C16H27N3O3/c1-22-11-12-10-17-15(20)14-5-9-19(8-4-13(12)14)16(21)18-6-2-3-7-18/h12-14H,2-11H2,1H3,(H,17,20)/t12-,13-,14-/m1/s1. The molecular formula is C16H27N3O3. The van der Waals surface area contributed by atoms with Crippen molar-refractivity contribution in [1.29, 1.82) is 0 Å². The lowest BCUT2D eigenvalue weighted by Crippen LogP contribution is -2.49. The summed E-state index contributed by atoms with van der Waals surface area (Å²) in [4.78, 5) is 28.7. The maximum atomic E-state index is 12.6. The van der Waals surface area contributed by atoms with Crippen molar-refractivity contribution in [3.05, 3.63) is 0 Å². The summed E-state index contributed by atoms with van der Waals surface area (Å²) >= 11 is 0. The summed E-state index contributed by atoms with van der Waals surface area (Å²) < 4.78 is 5.32. The van der Waals surface area contributed by atoms with Crippen LogP contribution in [-0.2, 0) is 9.53 Å². The van der Waals surface area contributed by atoms with Gasteiger partial charge in [0.1, 0.15) is 0 Å². The minimum Gasteiger partial charge on any atom is -0.384 e. The first-order chi connectivity index (χ1) is 10.7. The monoisotopic (exact) mass is 309 g/mol. The highest BCUT2D eigenvalue weighted by molar-refractivity contribution is 5.80. The Morgan fingerprint density at radius 3 is 2.59 bits per heavy atom. The van der Waals surface area contributed by atoms with E-state index in [1.54, 1.807) is 7.11 Å². The molecule has 0 saturated carbocycles. The zero-order valence-corrected chi connectivity index (χ0v) is 13.4. The molecule has 3 amide bonds. The van der Waals surface area contributed by atoms with Gasteiger partial charge in [-0.3, -0.25) is 4.79 Å². The first-order valence-corrected chi connectivity index (χ1v) is 8.51. The van der Waals surface area contributed by atoms with Crippen LogP contribution >= 0.6 is 0 Å². The molecule has 0 unspecified atom stereocenters. The number of carbonyl (C=O) groups excluding carboxylic acids is 2. The van der Waals surface area contributed by atoms with Gasteiger partial charge in [-0.25, -0.2) is 4.79 Å². The average molecular weight is 309 g/mol. The van der Waals surface area contributed by atoms with Gasteiger partial charge < -0.3 is 19.9 Å². The SMILES string of the molecule is COC[C@H]1CNC(=O)[C@@H]2CCN(C(=O)N3CCCC3)CC[C@H]12. The summed E-state index contributed by atoms with van der Waals surface area (Å²) in [6.45, 7) is 4.62. The Kier molecular flexibility index (Phi) is 4.86. The van der Waals surface area contributed by atoms with Gasteiger partial charge in [0.25, 0.3) is 0 Å². The van der Waals surface area contributed by atoms with Crippen LogP contribution < -0.4 is 5.32 Å². The minimum atomic E-state index is 0.0327. The van der Waals surface area contributed by atoms with Crippen molar-refractivity contribution in [2.24, 2.45) is 17.8 Å². The fourth-order valence-electron chi connectivity index (χ4n) is 4.23. The van der Waals surface area contributed by atoms with Crippen LogP contribution in [0, 0.1) is 17.8 Å². The Morgan fingerprint density at radius 1 is 1.18 bits per heavy atom. The van der Waals surface area contributed by atoms with E-state index in [9.17, 15) is 9.59 Å². The quantitative estimate of drug-likeness (QED) is 0.825. The number of hydrogen-bond donors (Lipinski definition) is 1. The van der Waals surface area contributed by atoms with Crippen LogP contribution in [0.3, 0.4) is 0 Å². The molecule has 3 aliphatic heterocycles. The number of methoxy groups -OCH3 is 1. The van der Waals surface area contributed by atoms with Gasteiger partial charge in [-0.15, -0.1) is 0 Å². The summed E-state index contributed by atoms with van der Waals surface area (Å²) in [5.41, 5.74) is 0. The molecule has 3 heterocycles. The van der Waals surface area contributed by atoms with E-state index in [1.165, 1.54) is 0 Å². The normalized spacial score (nSPS) is 32.4. The number of nitrogens with zero attached hydrogens (tertiary/aromatic N) is 2. The smallest absolute Gasteiger partial charge is 0.319 e. The molecule has 0 spiro atoms. The lowest BCUT2D eigenvalue weighted by molar-refractivity contribution is -0.131. The third-order valence-electron chi connectivity index (χ3n) is 5.47. The third-order valence-corrected chi connectivity index (χ3v) is 5.47. The molecule has 3 fully saturated rings. The van der Waals surface area contributed by atoms with Gasteiger partial charge in [0, 0.05) is 51.7 Å². The van der Waals surface area contributed by atoms with E-state index in [0.717, 1.165) is 45.3 Å². The number of rotatable bonds is 2. The fraction of sp³-hybridized carbons (Fsp3) is 0.875. The van der Waals surface area contributed by atoms with Gasteiger partial charge >= 0.3 is 6.03 Å². The molecule has 3 atom stereocenters. The highest BCUT2D eigenvalue weighted by Crippen LogP contribution is 2.34. The van der Waals surface area contributed by atoms with E-state index in [-0.39, 0.29) is 17.9 Å². The molecule has 3 saturated heterocycles. The van der Waals surface area contributed by atoms with Crippen LogP contribution in [0.4, 0.5) is 4.79 Å². The minimum absolute atomic E-state index is 0.0327. The van der Waals surface area contributed by atoms with Crippen LogP contribution in [0.2, 0.25) is 0 Å². The highest BCUT2D eigenvalue weighted by Gasteiger charge is 2.41. The third kappa shape index (κ3) is 3.07. The molecular weight excluding hydrogens is 282 g/mol. The number of carbonyl (C=O) groups is 2. The number of likely N-dealkylation sites (tertiary alicyclic amines) is 2. The lowest BCUT2D eigenvalue weighted by atomic mass is 9.75. The van der Waals surface area contributed by atoms with E-state index < -0.39 is 0 Å². The molecule has 1 N–H and O–H groups in total. The summed E-state index contributed by atoms with van der Waals surface area (Å²) in [7, 11) is 1.71. The second kappa shape index (κ2) is 6.86. The average Bonchev–Trinajstić information content (AvgIpc) is 2.96. The molecule has 124 valence electrons. The highest BCUT2D eigenvalue weighted by atomic mass is 16.5. The van der Waals surface area contributed by atoms with Crippen molar-refractivity contribution in [2.75, 3.05) is 46.4 Å². The van der Waals surface area contributed by atoms with Gasteiger partial charge in [-0.05, 0) is 31.6 Å². The molecule has 3 aliphatic rings. The van der Waals surface area contributed by atoms with E-state index in [4.69, 9.17) is 4.74 Å². The molecule has 0 aromatic carbocycles. The molecule has 22 heavy (non-hydrogen) atoms. The molecule has 0 aromatic rings. The van der Waals surface area contributed by atoms with Gasteiger partial charge in [0.2, 0.25) is 5.91 Å². The van der Waals surface area contributed by atoms with Gasteiger partial charge in [0.05, 0.1) is 6.61 Å². The van der Waals surface area contributed by atoms with Crippen molar-refractivity contribution >= 4 is 11.9 Å². The van der Waals surface area contributed by atoms with Gasteiger partial charge in [-0.2, -0.15) is 0 Å². The fourth-order valence-corrected chi connectivity index (χ4v) is 4.23. The van der Waals surface area contributed by atoms with Crippen LogP contribution in [-0.4, -0.2) is 68.2 Å². The predicted molar refractivity (Wildman–Crippen MR) is 82.4 cm³/mol. The van der Waals surface area contributed by atoms with Crippen molar-refractivity contribution < 1.29 is 14.3 Å². The summed E-state index contributed by atoms with van der Waals surface area (Å²) in [5, 5.41) is 3.01. The van der Waals surface area contributed by atoms with Crippen LogP contribution in [0.1, 0.15) is 25.7 Å². The summed E-state index contributed by atoms with van der Waals surface area (Å²) in [6.07, 6.45) is 3.91. The van der Waals surface area contributed by atoms with E-state index in [1.807, 2.05) is 9.80 Å². The van der Waals surface area contributed by atoms with Crippen molar-refractivity contribution in [3.63, 3.8) is 0 Å². The van der Waals surface area contributed by atoms with Gasteiger partial charge in [0.15, 0.2) is 0 Å². The lowest BCUT2D eigenvalue weighted by Gasteiger charge is -2.36. The number of urea groups is 1. The summed E-state index contributed by atoms with van der Waals surface area (Å²) in [6, 6.07) is 0.167. The zero-order chi connectivity index (χ0) is 15.5. The molecule has 6 heteroatoms. The number of piperidine rings is 1. The molecule has 6 nitrogen and oxygen atoms in total.